The monoisotopic (exact) mass is 308 g/mol. The molecular formula is C18H16N2O3. The van der Waals surface area contributed by atoms with Crippen LogP contribution in [0.25, 0.3) is 23.5 Å². The fourth-order valence-corrected chi connectivity index (χ4v) is 2.13. The van der Waals surface area contributed by atoms with Crippen molar-refractivity contribution < 1.29 is 14.0 Å². The molecule has 116 valence electrons. The van der Waals surface area contributed by atoms with Gasteiger partial charge >= 0.3 is 0 Å². The molecule has 0 aliphatic heterocycles. The fourth-order valence-electron chi connectivity index (χ4n) is 2.13. The molecule has 0 fully saturated rings. The third-order valence-corrected chi connectivity index (χ3v) is 3.30. The summed E-state index contributed by atoms with van der Waals surface area (Å²) in [5.74, 6) is 2.37. The van der Waals surface area contributed by atoms with E-state index in [1.165, 1.54) is 0 Å². The Morgan fingerprint density at radius 2 is 1.70 bits per heavy atom. The van der Waals surface area contributed by atoms with E-state index >= 15 is 0 Å². The summed E-state index contributed by atoms with van der Waals surface area (Å²) in [6, 6.07) is 15.3. The van der Waals surface area contributed by atoms with Crippen molar-refractivity contribution in [3.8, 4) is 22.9 Å². The Bertz CT molecular complexity index is 810. The molecule has 1 aromatic heterocycles. The number of rotatable bonds is 5. The second kappa shape index (κ2) is 6.79. The molecular weight excluding hydrogens is 292 g/mol. The molecule has 0 unspecified atom stereocenters. The number of ether oxygens (including phenoxy) is 2. The van der Waals surface area contributed by atoms with Crippen LogP contribution in [0, 0.1) is 0 Å². The van der Waals surface area contributed by atoms with Crippen LogP contribution in [0.1, 0.15) is 11.5 Å². The topological polar surface area (TPSA) is 57.4 Å². The van der Waals surface area contributed by atoms with Gasteiger partial charge in [0.15, 0.2) is 11.5 Å². The Kier molecular flexibility index (Phi) is 4.38. The molecule has 0 aliphatic rings. The zero-order valence-electron chi connectivity index (χ0n) is 12.9. The van der Waals surface area contributed by atoms with Crippen molar-refractivity contribution in [3.63, 3.8) is 0 Å². The molecule has 0 spiro atoms. The maximum absolute atomic E-state index is 5.28. The van der Waals surface area contributed by atoms with Gasteiger partial charge in [-0.3, -0.25) is 0 Å². The van der Waals surface area contributed by atoms with E-state index in [2.05, 4.69) is 10.1 Å². The Morgan fingerprint density at radius 3 is 2.43 bits per heavy atom. The highest BCUT2D eigenvalue weighted by atomic mass is 16.5. The zero-order valence-corrected chi connectivity index (χ0v) is 12.9. The molecule has 2 aromatic carbocycles. The summed E-state index contributed by atoms with van der Waals surface area (Å²) in [5.41, 5.74) is 1.86. The van der Waals surface area contributed by atoms with Gasteiger partial charge in [-0.2, -0.15) is 4.98 Å². The smallest absolute Gasteiger partial charge is 0.250 e. The van der Waals surface area contributed by atoms with E-state index in [1.807, 2.05) is 54.6 Å². The van der Waals surface area contributed by atoms with Gasteiger partial charge in [0.05, 0.1) is 14.2 Å². The van der Waals surface area contributed by atoms with Crippen molar-refractivity contribution in [2.75, 3.05) is 14.2 Å². The Hall–Kier alpha value is -3.08. The van der Waals surface area contributed by atoms with Crippen molar-refractivity contribution in [1.29, 1.82) is 0 Å². The molecule has 3 rings (SSSR count). The van der Waals surface area contributed by atoms with E-state index < -0.39 is 0 Å². The third-order valence-electron chi connectivity index (χ3n) is 3.30. The number of methoxy groups -OCH3 is 2. The summed E-state index contributed by atoms with van der Waals surface area (Å²) < 4.78 is 15.7. The lowest BCUT2D eigenvalue weighted by Crippen LogP contribution is -1.90. The van der Waals surface area contributed by atoms with Crippen molar-refractivity contribution in [2.45, 2.75) is 0 Å². The number of hydrogen-bond acceptors (Lipinski definition) is 5. The van der Waals surface area contributed by atoms with Crippen LogP contribution < -0.4 is 9.47 Å². The van der Waals surface area contributed by atoms with Crippen LogP contribution in [0.3, 0.4) is 0 Å². The van der Waals surface area contributed by atoms with Gasteiger partial charge in [-0.05, 0) is 23.8 Å². The van der Waals surface area contributed by atoms with E-state index in [4.69, 9.17) is 14.0 Å². The summed E-state index contributed by atoms with van der Waals surface area (Å²) in [6.07, 6.45) is 3.64. The molecule has 23 heavy (non-hydrogen) atoms. The van der Waals surface area contributed by atoms with Crippen molar-refractivity contribution in [2.24, 2.45) is 0 Å². The first-order chi connectivity index (χ1) is 11.3. The minimum Gasteiger partial charge on any atom is -0.493 e. The molecule has 5 heteroatoms. The molecule has 0 radical (unpaired) electrons. The molecule has 0 atom stereocenters. The Balaban J connectivity index is 1.80. The van der Waals surface area contributed by atoms with Crippen LogP contribution in [0.5, 0.6) is 11.5 Å². The summed E-state index contributed by atoms with van der Waals surface area (Å²) >= 11 is 0. The van der Waals surface area contributed by atoms with Gasteiger partial charge in [0.25, 0.3) is 5.89 Å². The third kappa shape index (κ3) is 3.40. The molecule has 0 saturated carbocycles. The number of aromatic nitrogens is 2. The van der Waals surface area contributed by atoms with E-state index in [-0.39, 0.29) is 0 Å². The minimum absolute atomic E-state index is 0.443. The number of benzene rings is 2. The Labute approximate surface area is 134 Å². The van der Waals surface area contributed by atoms with Gasteiger partial charge in [-0.15, -0.1) is 0 Å². The lowest BCUT2D eigenvalue weighted by molar-refractivity contribution is 0.355. The molecule has 0 saturated heterocycles. The zero-order chi connectivity index (χ0) is 16.1. The average molecular weight is 308 g/mol. The van der Waals surface area contributed by atoms with Crippen LogP contribution in [-0.4, -0.2) is 24.4 Å². The normalized spacial score (nSPS) is 10.9. The predicted octanol–water partition coefficient (Wildman–Crippen LogP) is 3.92. The van der Waals surface area contributed by atoms with Crippen molar-refractivity contribution in [3.05, 3.63) is 60.0 Å². The summed E-state index contributed by atoms with van der Waals surface area (Å²) in [7, 11) is 3.21. The van der Waals surface area contributed by atoms with Crippen LogP contribution in [-0.2, 0) is 0 Å². The maximum atomic E-state index is 5.28. The Morgan fingerprint density at radius 1 is 0.913 bits per heavy atom. The first-order valence-electron chi connectivity index (χ1n) is 7.09. The first kappa shape index (κ1) is 14.8. The molecule has 0 bridgehead atoms. The van der Waals surface area contributed by atoms with Crippen molar-refractivity contribution in [1.82, 2.24) is 10.1 Å². The van der Waals surface area contributed by atoms with Gasteiger partial charge in [0.2, 0.25) is 5.82 Å². The SMILES string of the molecule is COc1ccc(/C=C/c2nc(-c3ccccc3)no2)cc1OC. The average Bonchev–Trinajstić information content (AvgIpc) is 3.09. The fraction of sp³-hybridized carbons (Fsp3) is 0.111. The quantitative estimate of drug-likeness (QED) is 0.715. The van der Waals surface area contributed by atoms with Gasteiger partial charge in [-0.25, -0.2) is 0 Å². The minimum atomic E-state index is 0.443. The second-order valence-corrected chi connectivity index (χ2v) is 4.77. The van der Waals surface area contributed by atoms with Gasteiger partial charge in [-0.1, -0.05) is 41.6 Å². The summed E-state index contributed by atoms with van der Waals surface area (Å²) in [4.78, 5) is 4.35. The molecule has 3 aromatic rings. The largest absolute Gasteiger partial charge is 0.493 e. The lowest BCUT2D eigenvalue weighted by Gasteiger charge is -2.07. The highest BCUT2D eigenvalue weighted by Gasteiger charge is 2.06. The second-order valence-electron chi connectivity index (χ2n) is 4.77. The number of hydrogen-bond donors (Lipinski definition) is 0. The summed E-state index contributed by atoms with van der Waals surface area (Å²) in [5, 5.41) is 3.98. The maximum Gasteiger partial charge on any atom is 0.250 e. The first-order valence-corrected chi connectivity index (χ1v) is 7.09. The van der Waals surface area contributed by atoms with E-state index in [9.17, 15) is 0 Å². The predicted molar refractivity (Wildman–Crippen MR) is 88.2 cm³/mol. The van der Waals surface area contributed by atoms with Crippen molar-refractivity contribution >= 4 is 12.2 Å². The summed E-state index contributed by atoms with van der Waals surface area (Å²) in [6.45, 7) is 0. The van der Waals surface area contributed by atoms with Crippen LogP contribution in [0.2, 0.25) is 0 Å². The van der Waals surface area contributed by atoms with E-state index in [0.29, 0.717) is 23.2 Å². The lowest BCUT2D eigenvalue weighted by atomic mass is 10.2. The number of nitrogens with zero attached hydrogens (tertiary/aromatic N) is 2. The molecule has 5 nitrogen and oxygen atoms in total. The van der Waals surface area contributed by atoms with Gasteiger partial charge < -0.3 is 14.0 Å². The molecule has 0 N–H and O–H groups in total. The van der Waals surface area contributed by atoms with Crippen LogP contribution in [0.15, 0.2) is 53.1 Å². The van der Waals surface area contributed by atoms with Crippen LogP contribution >= 0.6 is 0 Å². The van der Waals surface area contributed by atoms with E-state index in [0.717, 1.165) is 11.1 Å². The molecule has 1 heterocycles. The highest BCUT2D eigenvalue weighted by molar-refractivity contribution is 5.68. The van der Waals surface area contributed by atoms with E-state index in [1.54, 1.807) is 20.3 Å². The standard InChI is InChI=1S/C18H16N2O3/c1-21-15-10-8-13(12-16(15)22-2)9-11-17-19-18(20-23-17)14-6-4-3-5-7-14/h3-12H,1-2H3/b11-9+. The van der Waals surface area contributed by atoms with Crippen LogP contribution in [0.4, 0.5) is 0 Å². The highest BCUT2D eigenvalue weighted by Crippen LogP contribution is 2.28. The van der Waals surface area contributed by atoms with Gasteiger partial charge in [0.1, 0.15) is 0 Å². The molecule has 0 amide bonds. The molecule has 0 aliphatic carbocycles. The van der Waals surface area contributed by atoms with Gasteiger partial charge in [0, 0.05) is 11.6 Å².